The molecule has 1 N–H and O–H groups in total. The zero-order chi connectivity index (χ0) is 15.5. The molecule has 0 bridgehead atoms. The molecule has 1 saturated heterocycles. The van der Waals surface area contributed by atoms with E-state index in [0.717, 1.165) is 31.8 Å². The predicted octanol–water partition coefficient (Wildman–Crippen LogP) is 1.81. The molecule has 22 heavy (non-hydrogen) atoms. The van der Waals surface area contributed by atoms with Crippen LogP contribution < -0.4 is 5.32 Å². The monoisotopic (exact) mass is 309 g/mol. The maximum atomic E-state index is 12.0. The van der Waals surface area contributed by atoms with Crippen molar-refractivity contribution in [2.24, 2.45) is 11.8 Å². The Morgan fingerprint density at radius 1 is 1.14 bits per heavy atom. The lowest BCUT2D eigenvalue weighted by Crippen LogP contribution is -2.46. The highest BCUT2D eigenvalue weighted by Crippen LogP contribution is 2.33. The molecular weight excluding hydrogens is 282 g/mol. The minimum Gasteiger partial charge on any atom is -0.353 e. The molecule has 0 unspecified atom stereocenters. The fourth-order valence-corrected chi connectivity index (χ4v) is 4.00. The van der Waals surface area contributed by atoms with Crippen molar-refractivity contribution in [2.45, 2.75) is 63.5 Å². The molecule has 124 valence electrons. The Morgan fingerprint density at radius 3 is 2.41 bits per heavy atom. The van der Waals surface area contributed by atoms with Crippen LogP contribution in [0.5, 0.6) is 0 Å². The summed E-state index contributed by atoms with van der Waals surface area (Å²) in [5.74, 6) is 0.384. The SMILES string of the molecule is O=C(NC1CCN(CC2CCCCC2)CC1)[C@H]1C[C@H]1[N+](=O)[O-]. The van der Waals surface area contributed by atoms with Crippen molar-refractivity contribution >= 4 is 5.91 Å². The van der Waals surface area contributed by atoms with Crippen LogP contribution in [-0.4, -0.2) is 47.4 Å². The third-order valence-electron chi connectivity index (χ3n) is 5.54. The second-order valence-corrected chi connectivity index (χ2v) is 7.28. The van der Waals surface area contributed by atoms with E-state index >= 15 is 0 Å². The number of nitro groups is 1. The molecule has 1 aliphatic heterocycles. The van der Waals surface area contributed by atoms with E-state index in [-0.39, 0.29) is 22.8 Å². The first-order valence-corrected chi connectivity index (χ1v) is 8.79. The Morgan fingerprint density at radius 2 is 1.82 bits per heavy atom. The predicted molar refractivity (Wildman–Crippen MR) is 83.1 cm³/mol. The van der Waals surface area contributed by atoms with Gasteiger partial charge in [0.05, 0.1) is 0 Å². The van der Waals surface area contributed by atoms with Crippen LogP contribution in [0.25, 0.3) is 0 Å². The van der Waals surface area contributed by atoms with E-state index < -0.39 is 6.04 Å². The molecule has 0 aromatic heterocycles. The average Bonchev–Trinajstić information content (AvgIpc) is 3.31. The molecule has 1 heterocycles. The van der Waals surface area contributed by atoms with Gasteiger partial charge in [-0.1, -0.05) is 19.3 Å². The molecule has 3 rings (SSSR count). The molecule has 0 aromatic rings. The van der Waals surface area contributed by atoms with Crippen molar-refractivity contribution in [1.82, 2.24) is 10.2 Å². The Kier molecular flexibility index (Phi) is 4.96. The maximum absolute atomic E-state index is 12.0. The Labute approximate surface area is 131 Å². The van der Waals surface area contributed by atoms with Crippen LogP contribution in [0.1, 0.15) is 51.4 Å². The van der Waals surface area contributed by atoms with Gasteiger partial charge in [-0.25, -0.2) is 0 Å². The molecule has 2 aliphatic carbocycles. The summed E-state index contributed by atoms with van der Waals surface area (Å²) < 4.78 is 0. The van der Waals surface area contributed by atoms with Crippen LogP contribution in [0, 0.1) is 22.0 Å². The summed E-state index contributed by atoms with van der Waals surface area (Å²) in [4.78, 5) is 24.8. The summed E-state index contributed by atoms with van der Waals surface area (Å²) >= 11 is 0. The molecule has 0 spiro atoms. The van der Waals surface area contributed by atoms with E-state index in [4.69, 9.17) is 0 Å². The minimum absolute atomic E-state index is 0.104. The zero-order valence-corrected chi connectivity index (χ0v) is 13.2. The van der Waals surface area contributed by atoms with Crippen molar-refractivity contribution in [2.75, 3.05) is 19.6 Å². The van der Waals surface area contributed by atoms with E-state index in [9.17, 15) is 14.9 Å². The van der Waals surface area contributed by atoms with Gasteiger partial charge >= 0.3 is 0 Å². The second kappa shape index (κ2) is 6.94. The number of nitrogens with one attached hydrogen (secondary N) is 1. The highest BCUT2D eigenvalue weighted by Gasteiger charge is 2.53. The number of rotatable bonds is 5. The summed E-state index contributed by atoms with van der Waals surface area (Å²) in [6.07, 6.45) is 9.30. The van der Waals surface area contributed by atoms with E-state index in [1.165, 1.54) is 38.6 Å². The van der Waals surface area contributed by atoms with Gasteiger partial charge in [-0.3, -0.25) is 14.9 Å². The number of hydrogen-bond donors (Lipinski definition) is 1. The second-order valence-electron chi connectivity index (χ2n) is 7.28. The highest BCUT2D eigenvalue weighted by molar-refractivity contribution is 5.82. The van der Waals surface area contributed by atoms with Gasteiger partial charge in [0.25, 0.3) is 0 Å². The smallest absolute Gasteiger partial charge is 0.230 e. The van der Waals surface area contributed by atoms with Crippen LogP contribution in [0.2, 0.25) is 0 Å². The van der Waals surface area contributed by atoms with Crippen LogP contribution in [0.15, 0.2) is 0 Å². The lowest BCUT2D eigenvalue weighted by atomic mass is 9.88. The summed E-state index contributed by atoms with van der Waals surface area (Å²) in [5.41, 5.74) is 0. The van der Waals surface area contributed by atoms with Crippen LogP contribution in [-0.2, 0) is 4.79 Å². The van der Waals surface area contributed by atoms with Crippen molar-refractivity contribution in [1.29, 1.82) is 0 Å². The number of carbonyl (C=O) groups is 1. The lowest BCUT2D eigenvalue weighted by molar-refractivity contribution is -0.497. The molecule has 2 saturated carbocycles. The fourth-order valence-electron chi connectivity index (χ4n) is 4.00. The van der Waals surface area contributed by atoms with Gasteiger partial charge in [0.2, 0.25) is 11.9 Å². The summed E-state index contributed by atoms with van der Waals surface area (Å²) in [6, 6.07) is -0.422. The number of piperidine rings is 1. The van der Waals surface area contributed by atoms with Gasteiger partial charge in [-0.15, -0.1) is 0 Å². The molecule has 6 nitrogen and oxygen atoms in total. The van der Waals surface area contributed by atoms with Crippen molar-refractivity contribution < 1.29 is 9.72 Å². The van der Waals surface area contributed by atoms with Gasteiger partial charge in [0.1, 0.15) is 5.92 Å². The minimum atomic E-state index is -0.633. The van der Waals surface area contributed by atoms with Crippen molar-refractivity contribution in [3.8, 4) is 0 Å². The zero-order valence-electron chi connectivity index (χ0n) is 13.2. The van der Waals surface area contributed by atoms with E-state index in [2.05, 4.69) is 10.2 Å². The number of hydrogen-bond acceptors (Lipinski definition) is 4. The molecule has 3 fully saturated rings. The first kappa shape index (κ1) is 15.7. The van der Waals surface area contributed by atoms with Gasteiger partial charge in [-0.05, 0) is 31.6 Å². The molecule has 0 radical (unpaired) electrons. The molecule has 1 amide bonds. The van der Waals surface area contributed by atoms with Gasteiger partial charge in [-0.2, -0.15) is 0 Å². The summed E-state index contributed by atoms with van der Waals surface area (Å²) in [7, 11) is 0. The first-order valence-electron chi connectivity index (χ1n) is 8.79. The Bertz CT molecular complexity index is 415. The molecular formula is C16H27N3O3. The standard InChI is InChI=1S/C16H27N3O3/c20-16(14-10-15(14)19(21)22)17-13-6-8-18(9-7-13)11-12-4-2-1-3-5-12/h12-15H,1-11H2,(H,17,20)/t14-,15+/m0/s1. The average molecular weight is 309 g/mol. The molecule has 2 atom stereocenters. The van der Waals surface area contributed by atoms with Gasteiger partial charge in [0, 0.05) is 37.0 Å². The maximum Gasteiger partial charge on any atom is 0.230 e. The number of nitrogens with zero attached hydrogens (tertiary/aromatic N) is 2. The fraction of sp³-hybridized carbons (Fsp3) is 0.938. The number of likely N-dealkylation sites (tertiary alicyclic amines) is 1. The summed E-state index contributed by atoms with van der Waals surface area (Å²) in [5, 5.41) is 13.6. The van der Waals surface area contributed by atoms with E-state index in [0.29, 0.717) is 6.42 Å². The van der Waals surface area contributed by atoms with E-state index in [1.54, 1.807) is 0 Å². The van der Waals surface area contributed by atoms with Crippen LogP contribution >= 0.6 is 0 Å². The quantitative estimate of drug-likeness (QED) is 0.621. The Hall–Kier alpha value is -1.17. The van der Waals surface area contributed by atoms with Gasteiger partial charge < -0.3 is 10.2 Å². The normalized spacial score (nSPS) is 30.9. The number of amides is 1. The third kappa shape index (κ3) is 3.97. The summed E-state index contributed by atoms with van der Waals surface area (Å²) in [6.45, 7) is 3.31. The Balaban J connectivity index is 1.35. The first-order chi connectivity index (χ1) is 10.6. The lowest BCUT2D eigenvalue weighted by Gasteiger charge is -2.35. The van der Waals surface area contributed by atoms with E-state index in [1.807, 2.05) is 0 Å². The molecule has 3 aliphatic rings. The van der Waals surface area contributed by atoms with Crippen LogP contribution in [0.3, 0.4) is 0 Å². The van der Waals surface area contributed by atoms with Crippen LogP contribution in [0.4, 0.5) is 0 Å². The largest absolute Gasteiger partial charge is 0.353 e. The van der Waals surface area contributed by atoms with Gasteiger partial charge in [0.15, 0.2) is 0 Å². The molecule has 6 heteroatoms. The highest BCUT2D eigenvalue weighted by atomic mass is 16.6. The van der Waals surface area contributed by atoms with Crippen molar-refractivity contribution in [3.05, 3.63) is 10.1 Å². The molecule has 0 aromatic carbocycles. The number of carbonyl (C=O) groups excluding carboxylic acids is 1. The van der Waals surface area contributed by atoms with Crippen molar-refractivity contribution in [3.63, 3.8) is 0 Å². The third-order valence-corrected chi connectivity index (χ3v) is 5.54. The topological polar surface area (TPSA) is 75.5 Å².